The van der Waals surface area contributed by atoms with Crippen molar-refractivity contribution in [3.8, 4) is 0 Å². The van der Waals surface area contributed by atoms with Crippen molar-refractivity contribution in [1.29, 1.82) is 0 Å². The van der Waals surface area contributed by atoms with Crippen molar-refractivity contribution in [3.63, 3.8) is 0 Å². The number of ether oxygens (including phenoxy) is 1. The van der Waals surface area contributed by atoms with Gasteiger partial charge in [0.25, 0.3) is 0 Å². The van der Waals surface area contributed by atoms with Crippen LogP contribution in [-0.2, 0) is 4.74 Å². The second kappa shape index (κ2) is 2.05. The molecule has 4 atom stereocenters. The number of epoxide rings is 1. The first-order valence-electron chi connectivity index (χ1n) is 5.31. The molecule has 1 aliphatic heterocycles. The Hall–Kier alpha value is 0.280. The van der Waals surface area contributed by atoms with Crippen LogP contribution in [0.15, 0.2) is 12.2 Å². The van der Waals surface area contributed by atoms with Crippen LogP contribution in [0.25, 0.3) is 0 Å². The molecule has 0 aromatic heterocycles. The van der Waals surface area contributed by atoms with Gasteiger partial charge in [-0.05, 0) is 25.7 Å². The molecule has 3 aliphatic carbocycles. The fourth-order valence-corrected chi connectivity index (χ4v) is 5.24. The minimum absolute atomic E-state index is 0.148. The zero-order chi connectivity index (χ0) is 9.60. The highest BCUT2D eigenvalue weighted by molar-refractivity contribution is 6.52. The molecule has 0 bridgehead atoms. The average molecular weight is 231 g/mol. The van der Waals surface area contributed by atoms with Crippen molar-refractivity contribution in [1.82, 2.24) is 0 Å². The molecule has 0 amide bonds. The Bertz CT molecular complexity index is 321. The first kappa shape index (κ1) is 8.43. The van der Waals surface area contributed by atoms with Gasteiger partial charge >= 0.3 is 0 Å². The number of alkyl halides is 2. The van der Waals surface area contributed by atoms with Crippen molar-refractivity contribution in [2.24, 2.45) is 10.8 Å². The van der Waals surface area contributed by atoms with E-state index >= 15 is 0 Å². The number of halogens is 2. The van der Waals surface area contributed by atoms with Gasteiger partial charge in [-0.15, -0.1) is 23.2 Å². The summed E-state index contributed by atoms with van der Waals surface area (Å²) in [4.78, 5) is 0. The summed E-state index contributed by atoms with van der Waals surface area (Å²) in [6, 6.07) is 0. The second-order valence-electron chi connectivity index (χ2n) is 5.24. The lowest BCUT2D eigenvalue weighted by Crippen LogP contribution is -2.25. The van der Waals surface area contributed by atoms with E-state index in [0.717, 1.165) is 25.7 Å². The highest BCUT2D eigenvalue weighted by atomic mass is 35.5. The zero-order valence-corrected chi connectivity index (χ0v) is 9.31. The molecule has 0 N–H and O–H groups in total. The number of hydrogen-bond acceptors (Lipinski definition) is 1. The standard InChI is InChI=1S/C11H12Cl2O/c12-11(13)9-3-1-2-4-10(9,11)6-8-7(5-9)14-8/h1-2,7-8H,3-6H2. The van der Waals surface area contributed by atoms with E-state index in [9.17, 15) is 0 Å². The van der Waals surface area contributed by atoms with Crippen LogP contribution in [0, 0.1) is 10.8 Å². The Labute approximate surface area is 93.4 Å². The van der Waals surface area contributed by atoms with Crippen LogP contribution in [0.1, 0.15) is 25.7 Å². The summed E-state index contributed by atoms with van der Waals surface area (Å²) in [5.74, 6) is 0. The first-order valence-corrected chi connectivity index (χ1v) is 6.07. The van der Waals surface area contributed by atoms with Crippen molar-refractivity contribution in [2.45, 2.75) is 42.2 Å². The third-order valence-electron chi connectivity index (χ3n) is 4.94. The third kappa shape index (κ3) is 0.618. The van der Waals surface area contributed by atoms with Crippen LogP contribution in [0.2, 0.25) is 0 Å². The fourth-order valence-electron chi connectivity index (χ4n) is 4.00. The van der Waals surface area contributed by atoms with Gasteiger partial charge in [-0.3, -0.25) is 0 Å². The van der Waals surface area contributed by atoms with E-state index < -0.39 is 4.33 Å². The van der Waals surface area contributed by atoms with Crippen LogP contribution in [0.4, 0.5) is 0 Å². The number of rotatable bonds is 0. The molecule has 0 aromatic rings. The lowest BCUT2D eigenvalue weighted by atomic mass is 9.73. The van der Waals surface area contributed by atoms with E-state index in [-0.39, 0.29) is 10.8 Å². The van der Waals surface area contributed by atoms with E-state index in [1.54, 1.807) is 0 Å². The summed E-state index contributed by atoms with van der Waals surface area (Å²) in [6.07, 6.45) is 9.67. The van der Waals surface area contributed by atoms with Crippen LogP contribution >= 0.6 is 23.2 Å². The quantitative estimate of drug-likeness (QED) is 0.354. The molecule has 0 radical (unpaired) electrons. The predicted molar refractivity (Wildman–Crippen MR) is 55.6 cm³/mol. The number of fused-ring (bicyclic) bond motifs is 1. The summed E-state index contributed by atoms with van der Waals surface area (Å²) in [6.45, 7) is 0. The monoisotopic (exact) mass is 230 g/mol. The van der Waals surface area contributed by atoms with Gasteiger partial charge in [-0.25, -0.2) is 0 Å². The maximum Gasteiger partial charge on any atom is 0.131 e. The number of hydrogen-bond donors (Lipinski definition) is 0. The van der Waals surface area contributed by atoms with E-state index in [1.165, 1.54) is 0 Å². The van der Waals surface area contributed by atoms with Gasteiger partial charge in [-0.1, -0.05) is 12.2 Å². The lowest BCUT2D eigenvalue weighted by molar-refractivity contribution is 0.258. The summed E-state index contributed by atoms with van der Waals surface area (Å²) in [7, 11) is 0. The van der Waals surface area contributed by atoms with Crippen molar-refractivity contribution < 1.29 is 4.74 Å². The average Bonchev–Trinajstić information content (AvgIpc) is 2.98. The molecule has 1 nitrogen and oxygen atoms in total. The fraction of sp³-hybridized carbons (Fsp3) is 0.818. The summed E-state index contributed by atoms with van der Waals surface area (Å²) in [5, 5.41) is 0. The Morgan fingerprint density at radius 3 is 2.00 bits per heavy atom. The molecule has 2 saturated carbocycles. The first-order chi connectivity index (χ1) is 6.63. The summed E-state index contributed by atoms with van der Waals surface area (Å²) >= 11 is 13.0. The minimum Gasteiger partial charge on any atom is -0.370 e. The lowest BCUT2D eigenvalue weighted by Gasteiger charge is -2.27. The van der Waals surface area contributed by atoms with Crippen LogP contribution in [0.5, 0.6) is 0 Å². The topological polar surface area (TPSA) is 12.5 Å². The molecule has 1 heterocycles. The normalized spacial score (nSPS) is 61.0. The van der Waals surface area contributed by atoms with Gasteiger partial charge in [0, 0.05) is 10.8 Å². The summed E-state index contributed by atoms with van der Waals surface area (Å²) < 4.78 is 5.12. The number of allylic oxidation sites excluding steroid dienone is 2. The molecule has 14 heavy (non-hydrogen) atoms. The predicted octanol–water partition coefficient (Wildman–Crippen LogP) is 3.06. The zero-order valence-electron chi connectivity index (χ0n) is 7.80. The molecule has 0 aromatic carbocycles. The van der Waals surface area contributed by atoms with E-state index in [0.29, 0.717) is 12.2 Å². The smallest absolute Gasteiger partial charge is 0.131 e. The van der Waals surface area contributed by atoms with Gasteiger partial charge in [0.2, 0.25) is 0 Å². The Morgan fingerprint density at radius 1 is 1.00 bits per heavy atom. The van der Waals surface area contributed by atoms with Gasteiger partial charge in [0.05, 0.1) is 12.2 Å². The molecular weight excluding hydrogens is 219 g/mol. The molecule has 4 unspecified atom stereocenters. The molecule has 3 fully saturated rings. The maximum absolute atomic E-state index is 6.52. The maximum atomic E-state index is 6.52. The third-order valence-corrected chi connectivity index (χ3v) is 6.39. The SMILES string of the molecule is ClC1(Cl)C23CC=CCC12CC1OC1C3. The van der Waals surface area contributed by atoms with Crippen LogP contribution in [-0.4, -0.2) is 16.5 Å². The van der Waals surface area contributed by atoms with Crippen molar-refractivity contribution in [3.05, 3.63) is 12.2 Å². The van der Waals surface area contributed by atoms with Crippen molar-refractivity contribution in [2.75, 3.05) is 0 Å². The molecular formula is C11H12Cl2O. The molecule has 1 saturated heterocycles. The molecule has 76 valence electrons. The van der Waals surface area contributed by atoms with Crippen LogP contribution < -0.4 is 0 Å². The Kier molecular flexibility index (Phi) is 1.23. The molecule has 4 rings (SSSR count). The Balaban J connectivity index is 1.84. The highest BCUT2D eigenvalue weighted by Gasteiger charge is 2.88. The van der Waals surface area contributed by atoms with Crippen molar-refractivity contribution >= 4 is 23.2 Å². The van der Waals surface area contributed by atoms with E-state index in [1.807, 2.05) is 0 Å². The van der Waals surface area contributed by atoms with E-state index in [2.05, 4.69) is 12.2 Å². The molecule has 3 heteroatoms. The van der Waals surface area contributed by atoms with Crippen LogP contribution in [0.3, 0.4) is 0 Å². The van der Waals surface area contributed by atoms with Gasteiger partial charge in [0.15, 0.2) is 0 Å². The highest BCUT2D eigenvalue weighted by Crippen LogP contribution is 2.88. The molecule has 4 aliphatic rings. The Morgan fingerprint density at radius 2 is 1.50 bits per heavy atom. The largest absolute Gasteiger partial charge is 0.370 e. The summed E-state index contributed by atoms with van der Waals surface area (Å²) in [5.41, 5.74) is 0.297. The minimum atomic E-state index is -0.486. The van der Waals surface area contributed by atoms with Gasteiger partial charge in [-0.2, -0.15) is 0 Å². The molecule has 0 spiro atoms. The van der Waals surface area contributed by atoms with Gasteiger partial charge in [0.1, 0.15) is 4.33 Å². The van der Waals surface area contributed by atoms with E-state index in [4.69, 9.17) is 27.9 Å². The van der Waals surface area contributed by atoms with Gasteiger partial charge < -0.3 is 4.74 Å². The second-order valence-corrected chi connectivity index (χ2v) is 6.57.